The predicted octanol–water partition coefficient (Wildman–Crippen LogP) is 1.99. The van der Waals surface area contributed by atoms with Crippen molar-refractivity contribution in [3.8, 4) is 0 Å². The van der Waals surface area contributed by atoms with Gasteiger partial charge in [-0.3, -0.25) is 14.5 Å². The topological polar surface area (TPSA) is 97.9 Å². The quantitative estimate of drug-likeness (QED) is 0.695. The van der Waals surface area contributed by atoms with Crippen LogP contribution < -0.4 is 10.2 Å². The SMILES string of the molecule is CN1C(=O)C(NC(=O)c2ncn(Cc3ccccc3)n2)CCn2nc(C(C)(C)C)cc21. The van der Waals surface area contributed by atoms with E-state index in [0.29, 0.717) is 19.5 Å². The van der Waals surface area contributed by atoms with Crippen LogP contribution in [0.4, 0.5) is 5.82 Å². The molecule has 1 aromatic carbocycles. The third-order valence-electron chi connectivity index (χ3n) is 5.36. The molecule has 3 aromatic rings. The minimum absolute atomic E-state index is 0.0448. The first-order valence-corrected chi connectivity index (χ1v) is 10.3. The summed E-state index contributed by atoms with van der Waals surface area (Å²) >= 11 is 0. The van der Waals surface area contributed by atoms with Crippen LogP contribution in [0.15, 0.2) is 42.7 Å². The van der Waals surface area contributed by atoms with Crippen LogP contribution in [0.1, 0.15) is 49.1 Å². The fraction of sp³-hybridized carbons (Fsp3) is 0.409. The van der Waals surface area contributed by atoms with Gasteiger partial charge in [-0.25, -0.2) is 14.3 Å². The lowest BCUT2D eigenvalue weighted by Crippen LogP contribution is -2.47. The fourth-order valence-electron chi connectivity index (χ4n) is 3.53. The van der Waals surface area contributed by atoms with Gasteiger partial charge >= 0.3 is 0 Å². The summed E-state index contributed by atoms with van der Waals surface area (Å²) in [6.07, 6.45) is 1.96. The van der Waals surface area contributed by atoms with Gasteiger partial charge in [-0.1, -0.05) is 51.1 Å². The molecular weight excluding hydrogens is 394 g/mol. The van der Waals surface area contributed by atoms with E-state index >= 15 is 0 Å². The molecule has 0 bridgehead atoms. The first kappa shape index (κ1) is 20.8. The van der Waals surface area contributed by atoms with E-state index in [0.717, 1.165) is 17.1 Å². The molecule has 1 N–H and O–H groups in total. The van der Waals surface area contributed by atoms with Gasteiger partial charge in [0.2, 0.25) is 5.82 Å². The monoisotopic (exact) mass is 421 g/mol. The van der Waals surface area contributed by atoms with Crippen LogP contribution in [0.5, 0.6) is 0 Å². The highest BCUT2D eigenvalue weighted by Crippen LogP contribution is 2.28. The van der Waals surface area contributed by atoms with E-state index in [1.807, 2.05) is 41.1 Å². The molecule has 31 heavy (non-hydrogen) atoms. The van der Waals surface area contributed by atoms with Crippen molar-refractivity contribution in [1.29, 1.82) is 0 Å². The van der Waals surface area contributed by atoms with Gasteiger partial charge in [0.1, 0.15) is 18.2 Å². The van der Waals surface area contributed by atoms with E-state index in [-0.39, 0.29) is 17.1 Å². The Morgan fingerprint density at radius 2 is 1.94 bits per heavy atom. The van der Waals surface area contributed by atoms with E-state index in [1.54, 1.807) is 16.6 Å². The summed E-state index contributed by atoms with van der Waals surface area (Å²) in [5.41, 5.74) is 1.88. The predicted molar refractivity (Wildman–Crippen MR) is 116 cm³/mol. The largest absolute Gasteiger partial charge is 0.337 e. The van der Waals surface area contributed by atoms with Crippen molar-refractivity contribution in [1.82, 2.24) is 29.9 Å². The van der Waals surface area contributed by atoms with Crippen LogP contribution in [-0.2, 0) is 23.3 Å². The number of carbonyl (C=O) groups is 2. The van der Waals surface area contributed by atoms with Crippen molar-refractivity contribution >= 4 is 17.6 Å². The van der Waals surface area contributed by atoms with E-state index in [1.165, 1.54) is 6.33 Å². The van der Waals surface area contributed by atoms with Crippen LogP contribution in [0, 0.1) is 0 Å². The summed E-state index contributed by atoms with van der Waals surface area (Å²) in [4.78, 5) is 31.4. The number of benzene rings is 1. The van der Waals surface area contributed by atoms with E-state index in [9.17, 15) is 9.59 Å². The molecule has 3 heterocycles. The van der Waals surface area contributed by atoms with Crippen molar-refractivity contribution in [3.63, 3.8) is 0 Å². The number of aryl methyl sites for hydroxylation is 1. The Bertz CT molecular complexity index is 1090. The number of hydrogen-bond donors (Lipinski definition) is 1. The summed E-state index contributed by atoms with van der Waals surface area (Å²) in [5, 5.41) is 11.7. The molecule has 1 unspecified atom stereocenters. The van der Waals surface area contributed by atoms with E-state index in [4.69, 9.17) is 0 Å². The van der Waals surface area contributed by atoms with Gasteiger partial charge in [-0.15, -0.1) is 5.10 Å². The van der Waals surface area contributed by atoms with E-state index < -0.39 is 11.9 Å². The molecule has 9 heteroatoms. The molecule has 4 rings (SSSR count). The Labute approximate surface area is 181 Å². The molecule has 2 amide bonds. The van der Waals surface area contributed by atoms with Gasteiger partial charge in [0.25, 0.3) is 11.8 Å². The second-order valence-corrected chi connectivity index (χ2v) is 8.82. The zero-order valence-corrected chi connectivity index (χ0v) is 18.2. The Morgan fingerprint density at radius 3 is 2.65 bits per heavy atom. The number of rotatable bonds is 4. The molecule has 0 fully saturated rings. The number of fused-ring (bicyclic) bond motifs is 1. The summed E-state index contributed by atoms with van der Waals surface area (Å²) in [7, 11) is 1.71. The molecular formula is C22H27N7O2. The molecule has 0 saturated heterocycles. The summed E-state index contributed by atoms with van der Waals surface area (Å²) in [6, 6.07) is 11.1. The zero-order chi connectivity index (χ0) is 22.2. The second kappa shape index (κ2) is 7.98. The molecule has 0 spiro atoms. The number of nitrogens with one attached hydrogen (secondary N) is 1. The van der Waals surface area contributed by atoms with Crippen LogP contribution in [0.2, 0.25) is 0 Å². The highest BCUT2D eigenvalue weighted by molar-refractivity contribution is 6.00. The number of hydrogen-bond acceptors (Lipinski definition) is 5. The Balaban J connectivity index is 1.44. The Morgan fingerprint density at radius 1 is 1.19 bits per heavy atom. The van der Waals surface area contributed by atoms with Crippen LogP contribution in [0.25, 0.3) is 0 Å². The molecule has 0 radical (unpaired) electrons. The van der Waals surface area contributed by atoms with Gasteiger partial charge in [0, 0.05) is 25.1 Å². The third kappa shape index (κ3) is 4.35. The molecule has 0 aliphatic carbocycles. The first-order chi connectivity index (χ1) is 14.7. The van der Waals surface area contributed by atoms with Gasteiger partial charge in [0.05, 0.1) is 12.2 Å². The number of likely N-dealkylation sites (N-methyl/N-ethyl adjacent to an activating group) is 1. The van der Waals surface area contributed by atoms with Crippen molar-refractivity contribution in [3.05, 3.63) is 59.8 Å². The summed E-state index contributed by atoms with van der Waals surface area (Å²) in [5.74, 6) is 0.130. The minimum Gasteiger partial charge on any atom is -0.337 e. The lowest BCUT2D eigenvalue weighted by molar-refractivity contribution is -0.120. The summed E-state index contributed by atoms with van der Waals surface area (Å²) < 4.78 is 3.44. The average Bonchev–Trinajstić information content (AvgIpc) is 3.35. The maximum absolute atomic E-state index is 13.0. The third-order valence-corrected chi connectivity index (χ3v) is 5.36. The Kier molecular flexibility index (Phi) is 5.34. The molecule has 1 aliphatic rings. The normalized spacial score (nSPS) is 16.7. The maximum atomic E-state index is 13.0. The van der Waals surface area contributed by atoms with Crippen LogP contribution in [0.3, 0.4) is 0 Å². The van der Waals surface area contributed by atoms with Crippen molar-refractivity contribution in [2.75, 3.05) is 11.9 Å². The molecule has 0 saturated carbocycles. The molecule has 162 valence electrons. The lowest BCUT2D eigenvalue weighted by Gasteiger charge is -2.20. The Hall–Kier alpha value is -3.49. The molecule has 1 aliphatic heterocycles. The number of carbonyl (C=O) groups excluding carboxylic acids is 2. The number of aromatic nitrogens is 5. The minimum atomic E-state index is -0.668. The van der Waals surface area contributed by atoms with Crippen molar-refractivity contribution < 1.29 is 9.59 Å². The van der Waals surface area contributed by atoms with E-state index in [2.05, 4.69) is 41.3 Å². The van der Waals surface area contributed by atoms with Crippen molar-refractivity contribution in [2.45, 2.75) is 51.7 Å². The second-order valence-electron chi connectivity index (χ2n) is 8.82. The summed E-state index contributed by atoms with van der Waals surface area (Å²) in [6.45, 7) is 7.31. The van der Waals surface area contributed by atoms with Gasteiger partial charge in [-0.05, 0) is 12.0 Å². The molecule has 2 aromatic heterocycles. The fourth-order valence-corrected chi connectivity index (χ4v) is 3.53. The standard InChI is InChI=1S/C22H27N7O2/c1-22(2,3)17-12-18-27(4)21(31)16(10-11-29(18)25-17)24-20(30)19-23-14-28(26-19)13-15-8-6-5-7-9-15/h5-9,12,14,16H,10-11,13H2,1-4H3,(H,24,30). The van der Waals surface area contributed by atoms with Crippen molar-refractivity contribution in [2.24, 2.45) is 0 Å². The van der Waals surface area contributed by atoms with Crippen LogP contribution in [-0.4, -0.2) is 49.4 Å². The van der Waals surface area contributed by atoms with Gasteiger partial charge in [0.15, 0.2) is 0 Å². The highest BCUT2D eigenvalue weighted by Gasteiger charge is 2.32. The maximum Gasteiger partial charge on any atom is 0.291 e. The number of amides is 2. The molecule has 9 nitrogen and oxygen atoms in total. The first-order valence-electron chi connectivity index (χ1n) is 10.3. The number of nitrogens with zero attached hydrogens (tertiary/aromatic N) is 6. The highest BCUT2D eigenvalue weighted by atomic mass is 16.2. The van der Waals surface area contributed by atoms with Crippen LogP contribution >= 0.6 is 0 Å². The molecule has 1 atom stereocenters. The lowest BCUT2D eigenvalue weighted by atomic mass is 9.92. The van der Waals surface area contributed by atoms with Gasteiger partial charge < -0.3 is 5.32 Å². The zero-order valence-electron chi connectivity index (χ0n) is 18.2. The number of anilines is 1. The smallest absolute Gasteiger partial charge is 0.291 e. The average molecular weight is 422 g/mol. The van der Waals surface area contributed by atoms with Gasteiger partial charge in [-0.2, -0.15) is 5.10 Å².